The third-order valence-corrected chi connectivity index (χ3v) is 6.74. The van der Waals surface area contributed by atoms with Crippen LogP contribution in [0, 0.1) is 0 Å². The Morgan fingerprint density at radius 1 is 0.962 bits per heavy atom. The number of anilines is 1. The molecule has 0 aromatic heterocycles. The van der Waals surface area contributed by atoms with Crippen LogP contribution < -0.4 is 9.64 Å². The Bertz CT molecular complexity index is 775. The van der Waals surface area contributed by atoms with Gasteiger partial charge >= 0.3 is 0 Å². The molecule has 6 rings (SSSR count). The molecule has 3 nitrogen and oxygen atoms in total. The largest absolute Gasteiger partial charge is 0.497 e. The first-order valence-corrected chi connectivity index (χ1v) is 10.0. The van der Waals surface area contributed by atoms with Crippen LogP contribution >= 0.6 is 0 Å². The summed E-state index contributed by atoms with van der Waals surface area (Å²) < 4.78 is 5.47. The zero-order chi connectivity index (χ0) is 17.5. The van der Waals surface area contributed by atoms with Gasteiger partial charge in [-0.05, 0) is 67.0 Å². The van der Waals surface area contributed by atoms with E-state index in [2.05, 4.69) is 58.3 Å². The summed E-state index contributed by atoms with van der Waals surface area (Å²) in [6.45, 7) is 3.62. The molecule has 136 valence electrons. The second-order valence-corrected chi connectivity index (χ2v) is 8.13. The van der Waals surface area contributed by atoms with Gasteiger partial charge in [0.05, 0.1) is 7.11 Å². The number of methoxy groups -OCH3 is 1. The number of hydrogen-bond donors (Lipinski definition) is 0. The zero-order valence-corrected chi connectivity index (χ0v) is 15.6. The zero-order valence-electron chi connectivity index (χ0n) is 15.6. The van der Waals surface area contributed by atoms with Gasteiger partial charge in [-0.1, -0.05) is 24.3 Å². The number of piperazine rings is 1. The maximum Gasteiger partial charge on any atom is 0.119 e. The minimum absolute atomic E-state index is 0.671. The second kappa shape index (κ2) is 6.62. The molecule has 4 aliphatic rings. The lowest BCUT2D eigenvalue weighted by Gasteiger charge is -2.53. The Morgan fingerprint density at radius 2 is 1.81 bits per heavy atom. The van der Waals surface area contributed by atoms with E-state index in [9.17, 15) is 0 Å². The van der Waals surface area contributed by atoms with Crippen molar-refractivity contribution in [2.45, 2.75) is 43.7 Å². The number of nitrogens with zero attached hydrogens (tertiary/aromatic N) is 2. The fourth-order valence-electron chi connectivity index (χ4n) is 5.34. The molecule has 3 atom stereocenters. The first kappa shape index (κ1) is 16.2. The van der Waals surface area contributed by atoms with E-state index >= 15 is 0 Å². The molecular weight excluding hydrogens is 320 g/mol. The predicted molar refractivity (Wildman–Crippen MR) is 106 cm³/mol. The second-order valence-electron chi connectivity index (χ2n) is 8.13. The Kier molecular flexibility index (Phi) is 4.12. The first-order chi connectivity index (χ1) is 12.8. The van der Waals surface area contributed by atoms with Gasteiger partial charge in [0, 0.05) is 37.4 Å². The van der Waals surface area contributed by atoms with E-state index in [-0.39, 0.29) is 0 Å². The van der Waals surface area contributed by atoms with Crippen LogP contribution in [0.15, 0.2) is 48.5 Å². The highest BCUT2D eigenvalue weighted by Gasteiger charge is 2.40. The third-order valence-electron chi connectivity index (χ3n) is 6.74. The molecule has 0 saturated carbocycles. The van der Waals surface area contributed by atoms with Crippen LogP contribution in [0.4, 0.5) is 5.69 Å². The number of piperidine rings is 2. The lowest BCUT2D eigenvalue weighted by atomic mass is 9.88. The molecule has 3 aliphatic heterocycles. The van der Waals surface area contributed by atoms with Gasteiger partial charge in [0.2, 0.25) is 0 Å². The molecule has 26 heavy (non-hydrogen) atoms. The van der Waals surface area contributed by atoms with E-state index in [1.165, 1.54) is 62.1 Å². The van der Waals surface area contributed by atoms with E-state index in [4.69, 9.17) is 4.74 Å². The average molecular weight is 348 g/mol. The van der Waals surface area contributed by atoms with Gasteiger partial charge in [-0.3, -0.25) is 4.90 Å². The number of aryl methyl sites for hydroxylation is 1. The summed E-state index contributed by atoms with van der Waals surface area (Å²) in [5.74, 6) is 1.68. The summed E-state index contributed by atoms with van der Waals surface area (Å²) in [4.78, 5) is 5.43. The quantitative estimate of drug-likeness (QED) is 0.828. The highest BCUT2D eigenvalue weighted by Crippen LogP contribution is 2.39. The van der Waals surface area contributed by atoms with Crippen LogP contribution in [0.25, 0.3) is 0 Å². The van der Waals surface area contributed by atoms with Crippen molar-refractivity contribution in [3.63, 3.8) is 0 Å². The summed E-state index contributed by atoms with van der Waals surface area (Å²) in [5.41, 5.74) is 4.47. The molecule has 0 spiro atoms. The maximum atomic E-state index is 5.47. The normalized spacial score (nSPS) is 27.6. The van der Waals surface area contributed by atoms with Crippen LogP contribution in [-0.2, 0) is 6.42 Å². The fourth-order valence-corrected chi connectivity index (χ4v) is 5.34. The molecule has 3 saturated heterocycles. The topological polar surface area (TPSA) is 15.7 Å². The van der Waals surface area contributed by atoms with Crippen LogP contribution in [-0.4, -0.2) is 43.7 Å². The number of rotatable bonds is 4. The minimum Gasteiger partial charge on any atom is -0.497 e. The molecule has 3 heteroatoms. The number of fused-ring (bicyclic) bond motifs is 4. The lowest BCUT2D eigenvalue weighted by molar-refractivity contribution is 0.0894. The van der Waals surface area contributed by atoms with Crippen molar-refractivity contribution in [1.82, 2.24) is 4.90 Å². The van der Waals surface area contributed by atoms with E-state index in [0.29, 0.717) is 18.0 Å². The highest BCUT2D eigenvalue weighted by molar-refractivity contribution is 5.49. The van der Waals surface area contributed by atoms with Gasteiger partial charge in [-0.25, -0.2) is 0 Å². The Balaban J connectivity index is 1.31. The molecule has 2 aromatic carbocycles. The van der Waals surface area contributed by atoms with Crippen molar-refractivity contribution >= 4 is 5.69 Å². The Hall–Kier alpha value is -2.00. The van der Waals surface area contributed by atoms with Crippen molar-refractivity contribution in [2.75, 3.05) is 31.6 Å². The standard InChI is InChI=1S/C23H28N2O/c1-26-22-12-9-17-7-8-18(23(17)13-22)14-24-15-21-11-10-20(24)16-25(21)19-5-3-2-4-6-19/h2-6,9,12-13,18,20-21H,7-8,10-11,14-16H2,1H3/t18-,20+,21-/m0/s1. The SMILES string of the molecule is COc1ccc2c(c1)[C@H](CN1C[C@@H]3CC[C@@H]1CN3c1ccccc1)CC2. The van der Waals surface area contributed by atoms with Gasteiger partial charge in [0.25, 0.3) is 0 Å². The predicted octanol–water partition coefficient (Wildman–Crippen LogP) is 4.08. The molecule has 0 unspecified atom stereocenters. The maximum absolute atomic E-state index is 5.47. The Labute approximate surface area is 156 Å². The fraction of sp³-hybridized carbons (Fsp3) is 0.478. The average Bonchev–Trinajstić information content (AvgIpc) is 3.11. The van der Waals surface area contributed by atoms with Crippen molar-refractivity contribution < 1.29 is 4.74 Å². The van der Waals surface area contributed by atoms with E-state index in [1.54, 1.807) is 7.11 Å². The highest BCUT2D eigenvalue weighted by atomic mass is 16.5. The summed E-state index contributed by atoms with van der Waals surface area (Å²) in [5, 5.41) is 0. The van der Waals surface area contributed by atoms with Gasteiger partial charge in [0.1, 0.15) is 5.75 Å². The van der Waals surface area contributed by atoms with E-state index in [0.717, 1.165) is 5.75 Å². The summed E-state index contributed by atoms with van der Waals surface area (Å²) in [7, 11) is 1.77. The molecule has 2 bridgehead atoms. The summed E-state index contributed by atoms with van der Waals surface area (Å²) in [6, 6.07) is 19.0. The molecule has 0 N–H and O–H groups in total. The summed E-state index contributed by atoms with van der Waals surface area (Å²) >= 11 is 0. The monoisotopic (exact) mass is 348 g/mol. The number of hydrogen-bond acceptors (Lipinski definition) is 3. The minimum atomic E-state index is 0.671. The van der Waals surface area contributed by atoms with Crippen molar-refractivity contribution in [3.05, 3.63) is 59.7 Å². The molecule has 0 amide bonds. The van der Waals surface area contributed by atoms with E-state index in [1.807, 2.05) is 0 Å². The van der Waals surface area contributed by atoms with Crippen LogP contribution in [0.5, 0.6) is 5.75 Å². The van der Waals surface area contributed by atoms with Gasteiger partial charge < -0.3 is 9.64 Å². The number of para-hydroxylation sites is 1. The van der Waals surface area contributed by atoms with Gasteiger partial charge in [0.15, 0.2) is 0 Å². The first-order valence-electron chi connectivity index (χ1n) is 10.0. The van der Waals surface area contributed by atoms with Gasteiger partial charge in [-0.2, -0.15) is 0 Å². The van der Waals surface area contributed by atoms with Crippen molar-refractivity contribution in [2.24, 2.45) is 0 Å². The van der Waals surface area contributed by atoms with E-state index < -0.39 is 0 Å². The van der Waals surface area contributed by atoms with Crippen LogP contribution in [0.2, 0.25) is 0 Å². The third kappa shape index (κ3) is 2.79. The van der Waals surface area contributed by atoms with Crippen molar-refractivity contribution in [1.29, 1.82) is 0 Å². The molecule has 3 heterocycles. The number of benzene rings is 2. The molecule has 3 fully saturated rings. The molecule has 2 aromatic rings. The van der Waals surface area contributed by atoms with Crippen LogP contribution in [0.3, 0.4) is 0 Å². The van der Waals surface area contributed by atoms with Crippen LogP contribution in [0.1, 0.15) is 36.3 Å². The molecule has 0 radical (unpaired) electrons. The number of ether oxygens (including phenoxy) is 1. The Morgan fingerprint density at radius 3 is 2.58 bits per heavy atom. The lowest BCUT2D eigenvalue weighted by Crippen LogP contribution is -2.63. The molecule has 1 aliphatic carbocycles. The van der Waals surface area contributed by atoms with Crippen molar-refractivity contribution in [3.8, 4) is 5.75 Å². The summed E-state index contributed by atoms with van der Waals surface area (Å²) in [6.07, 6.45) is 5.21. The molecular formula is C23H28N2O. The smallest absolute Gasteiger partial charge is 0.119 e. The van der Waals surface area contributed by atoms with Gasteiger partial charge in [-0.15, -0.1) is 0 Å².